The van der Waals surface area contributed by atoms with Crippen LogP contribution in [0.4, 0.5) is 5.69 Å². The average Bonchev–Trinajstić information content (AvgIpc) is 2.59. The van der Waals surface area contributed by atoms with Gasteiger partial charge in [0, 0.05) is 29.5 Å². The second-order valence-corrected chi connectivity index (χ2v) is 7.24. The first kappa shape index (κ1) is 18.1. The van der Waals surface area contributed by atoms with Crippen LogP contribution >= 0.6 is 11.8 Å². The van der Waals surface area contributed by atoms with Gasteiger partial charge in [0.05, 0.1) is 5.56 Å². The highest BCUT2D eigenvalue weighted by molar-refractivity contribution is 7.98. The molecule has 0 saturated carbocycles. The van der Waals surface area contributed by atoms with E-state index >= 15 is 0 Å². The molecule has 0 unspecified atom stereocenters. The van der Waals surface area contributed by atoms with E-state index < -0.39 is 0 Å². The minimum atomic E-state index is -0.142. The molecule has 1 aromatic carbocycles. The predicted molar refractivity (Wildman–Crippen MR) is 107 cm³/mol. The van der Waals surface area contributed by atoms with Crippen LogP contribution in [0.15, 0.2) is 59.9 Å². The van der Waals surface area contributed by atoms with Crippen LogP contribution in [0.2, 0.25) is 0 Å². The van der Waals surface area contributed by atoms with Crippen molar-refractivity contribution in [3.05, 3.63) is 82.8 Å². The summed E-state index contributed by atoms with van der Waals surface area (Å²) < 4.78 is 0. The van der Waals surface area contributed by atoms with Gasteiger partial charge in [-0.05, 0) is 73.9 Å². The van der Waals surface area contributed by atoms with E-state index in [0.29, 0.717) is 5.56 Å². The zero-order valence-corrected chi connectivity index (χ0v) is 15.9. The van der Waals surface area contributed by atoms with E-state index in [0.717, 1.165) is 38.9 Å². The molecular weight excluding hydrogens is 342 g/mol. The molecule has 2 heterocycles. The molecule has 0 atom stereocenters. The summed E-state index contributed by atoms with van der Waals surface area (Å²) in [6.45, 7) is 6.01. The number of hydrogen-bond acceptors (Lipinski definition) is 4. The molecule has 0 fully saturated rings. The number of rotatable bonds is 5. The van der Waals surface area contributed by atoms with Gasteiger partial charge < -0.3 is 5.32 Å². The number of aryl methyl sites for hydroxylation is 3. The van der Waals surface area contributed by atoms with Crippen LogP contribution in [0.3, 0.4) is 0 Å². The van der Waals surface area contributed by atoms with E-state index in [1.165, 1.54) is 0 Å². The van der Waals surface area contributed by atoms with Gasteiger partial charge in [0.1, 0.15) is 5.03 Å². The minimum absolute atomic E-state index is 0.142. The maximum Gasteiger partial charge on any atom is 0.258 e. The van der Waals surface area contributed by atoms with Crippen LogP contribution in [0.25, 0.3) is 0 Å². The Bertz CT molecular complexity index is 920. The van der Waals surface area contributed by atoms with E-state index in [1.54, 1.807) is 30.2 Å². The Kier molecular flexibility index (Phi) is 5.68. The molecule has 4 nitrogen and oxygen atoms in total. The van der Waals surface area contributed by atoms with Crippen LogP contribution < -0.4 is 5.32 Å². The quantitative estimate of drug-likeness (QED) is 0.652. The van der Waals surface area contributed by atoms with Gasteiger partial charge in [-0.3, -0.25) is 9.78 Å². The lowest BCUT2D eigenvalue weighted by atomic mass is 10.1. The van der Waals surface area contributed by atoms with Crippen LogP contribution in [0.5, 0.6) is 0 Å². The number of carbonyl (C=O) groups excluding carboxylic acids is 1. The SMILES string of the molecule is Cc1cc(C)cc(NC(=O)c2cccnc2SCc2ccnc(C)c2)c1. The standard InChI is InChI=1S/C21H21N3OS/c1-14-9-15(2)11-18(10-14)24-20(25)19-5-4-7-23-21(19)26-13-17-6-8-22-16(3)12-17/h4-12H,13H2,1-3H3,(H,24,25). The van der Waals surface area contributed by atoms with E-state index in [-0.39, 0.29) is 5.91 Å². The lowest BCUT2D eigenvalue weighted by Crippen LogP contribution is -2.14. The fraction of sp³-hybridized carbons (Fsp3) is 0.190. The number of anilines is 1. The van der Waals surface area contributed by atoms with Crippen LogP contribution in [-0.4, -0.2) is 15.9 Å². The fourth-order valence-corrected chi connectivity index (χ4v) is 3.70. The number of nitrogens with zero attached hydrogens (tertiary/aromatic N) is 2. The first-order valence-corrected chi connectivity index (χ1v) is 9.39. The van der Waals surface area contributed by atoms with Gasteiger partial charge >= 0.3 is 0 Å². The number of thioether (sulfide) groups is 1. The smallest absolute Gasteiger partial charge is 0.258 e. The van der Waals surface area contributed by atoms with E-state index in [1.807, 2.05) is 51.1 Å². The lowest BCUT2D eigenvalue weighted by molar-refractivity contribution is 0.102. The topological polar surface area (TPSA) is 54.9 Å². The van der Waals surface area contributed by atoms with Crippen LogP contribution in [0.1, 0.15) is 32.7 Å². The molecule has 26 heavy (non-hydrogen) atoms. The highest BCUT2D eigenvalue weighted by Gasteiger charge is 2.13. The van der Waals surface area contributed by atoms with Crippen LogP contribution in [0, 0.1) is 20.8 Å². The molecule has 5 heteroatoms. The van der Waals surface area contributed by atoms with Gasteiger partial charge in [0.25, 0.3) is 5.91 Å². The first-order valence-electron chi connectivity index (χ1n) is 8.40. The molecular formula is C21H21N3OS. The zero-order chi connectivity index (χ0) is 18.5. The second-order valence-electron chi connectivity index (χ2n) is 6.28. The maximum absolute atomic E-state index is 12.7. The van der Waals surface area contributed by atoms with Crippen molar-refractivity contribution in [1.29, 1.82) is 0 Å². The first-order chi connectivity index (χ1) is 12.5. The number of pyridine rings is 2. The summed E-state index contributed by atoms with van der Waals surface area (Å²) in [6.07, 6.45) is 3.52. The van der Waals surface area contributed by atoms with Crippen molar-refractivity contribution in [1.82, 2.24) is 9.97 Å². The van der Waals surface area contributed by atoms with Gasteiger partial charge in [-0.2, -0.15) is 0 Å². The maximum atomic E-state index is 12.7. The Labute approximate surface area is 158 Å². The molecule has 0 radical (unpaired) electrons. The Morgan fingerprint density at radius 3 is 2.50 bits per heavy atom. The van der Waals surface area contributed by atoms with Crippen molar-refractivity contribution in [2.45, 2.75) is 31.6 Å². The summed E-state index contributed by atoms with van der Waals surface area (Å²) in [5.41, 5.74) is 5.77. The number of nitrogens with one attached hydrogen (secondary N) is 1. The third-order valence-corrected chi connectivity index (χ3v) is 4.91. The molecule has 0 bridgehead atoms. The molecule has 2 aromatic heterocycles. The van der Waals surface area contributed by atoms with Crippen molar-refractivity contribution in [2.24, 2.45) is 0 Å². The summed E-state index contributed by atoms with van der Waals surface area (Å²) in [5.74, 6) is 0.598. The summed E-state index contributed by atoms with van der Waals surface area (Å²) in [4.78, 5) is 21.4. The molecule has 1 N–H and O–H groups in total. The second kappa shape index (κ2) is 8.15. The van der Waals surface area contributed by atoms with Crippen molar-refractivity contribution in [3.63, 3.8) is 0 Å². The summed E-state index contributed by atoms with van der Waals surface area (Å²) in [6, 6.07) is 13.6. The largest absolute Gasteiger partial charge is 0.322 e. The monoisotopic (exact) mass is 363 g/mol. The summed E-state index contributed by atoms with van der Waals surface area (Å²) in [7, 11) is 0. The molecule has 3 rings (SSSR count). The fourth-order valence-electron chi connectivity index (χ4n) is 2.77. The number of carbonyl (C=O) groups is 1. The van der Waals surface area contributed by atoms with Gasteiger partial charge in [-0.1, -0.05) is 6.07 Å². The highest BCUT2D eigenvalue weighted by Crippen LogP contribution is 2.25. The van der Waals surface area contributed by atoms with Gasteiger partial charge in [-0.15, -0.1) is 11.8 Å². The summed E-state index contributed by atoms with van der Waals surface area (Å²) >= 11 is 1.55. The molecule has 3 aromatic rings. The lowest BCUT2D eigenvalue weighted by Gasteiger charge is -2.10. The third kappa shape index (κ3) is 4.70. The Morgan fingerprint density at radius 1 is 1.00 bits per heavy atom. The van der Waals surface area contributed by atoms with Crippen molar-refractivity contribution in [3.8, 4) is 0 Å². The van der Waals surface area contributed by atoms with Gasteiger partial charge in [0.2, 0.25) is 0 Å². The van der Waals surface area contributed by atoms with Crippen molar-refractivity contribution >= 4 is 23.4 Å². The van der Waals surface area contributed by atoms with Crippen molar-refractivity contribution < 1.29 is 4.79 Å². The molecule has 132 valence electrons. The number of benzene rings is 1. The van der Waals surface area contributed by atoms with Gasteiger partial charge in [0.15, 0.2) is 0 Å². The Balaban J connectivity index is 1.76. The summed E-state index contributed by atoms with van der Waals surface area (Å²) in [5, 5.41) is 3.71. The molecule has 0 aliphatic heterocycles. The third-order valence-electron chi connectivity index (χ3n) is 3.83. The normalized spacial score (nSPS) is 10.6. The molecule has 0 aliphatic carbocycles. The molecule has 0 aliphatic rings. The Hall–Kier alpha value is -2.66. The number of hydrogen-bond donors (Lipinski definition) is 1. The molecule has 1 amide bonds. The zero-order valence-electron chi connectivity index (χ0n) is 15.1. The number of amides is 1. The molecule has 0 spiro atoms. The highest BCUT2D eigenvalue weighted by atomic mass is 32.2. The van der Waals surface area contributed by atoms with E-state index in [2.05, 4.69) is 21.4 Å². The molecule has 0 saturated heterocycles. The predicted octanol–water partition coefficient (Wildman–Crippen LogP) is 4.95. The minimum Gasteiger partial charge on any atom is -0.322 e. The van der Waals surface area contributed by atoms with Crippen molar-refractivity contribution in [2.75, 3.05) is 5.32 Å². The number of aromatic nitrogens is 2. The van der Waals surface area contributed by atoms with Gasteiger partial charge in [-0.25, -0.2) is 4.98 Å². The Morgan fingerprint density at radius 2 is 1.77 bits per heavy atom. The van der Waals surface area contributed by atoms with Crippen LogP contribution in [-0.2, 0) is 5.75 Å². The van der Waals surface area contributed by atoms with E-state index in [4.69, 9.17) is 0 Å². The average molecular weight is 363 g/mol. The van der Waals surface area contributed by atoms with E-state index in [9.17, 15) is 4.79 Å².